The monoisotopic (exact) mass is 345 g/mol. The molecule has 3 N–H and O–H groups in total. The molecule has 1 aliphatic rings. The van der Waals surface area contributed by atoms with Gasteiger partial charge in [-0.05, 0) is 12.0 Å². The molecule has 2 amide bonds. The number of benzene rings is 1. The molecule has 1 fully saturated rings. The number of nitrogens with one attached hydrogen (secondary N) is 2. The highest BCUT2D eigenvalue weighted by molar-refractivity contribution is 5.73. The van der Waals surface area contributed by atoms with Crippen molar-refractivity contribution < 1.29 is 23.1 Å². The number of carbonyl (C=O) groups excluding carboxylic acids is 1. The Labute approximate surface area is 138 Å². The Balaban J connectivity index is 1.76. The molecule has 0 aromatic heterocycles. The van der Waals surface area contributed by atoms with Gasteiger partial charge in [0.2, 0.25) is 0 Å². The first kappa shape index (κ1) is 18.5. The minimum absolute atomic E-state index is 0.0476. The smallest absolute Gasteiger partial charge is 0.390 e. The maximum atomic E-state index is 12.0. The lowest BCUT2D eigenvalue weighted by atomic mass is 10.1. The van der Waals surface area contributed by atoms with Crippen LogP contribution in [0, 0.1) is 0 Å². The predicted molar refractivity (Wildman–Crippen MR) is 83.3 cm³/mol. The maximum Gasteiger partial charge on any atom is 0.390 e. The molecular formula is C16H22F3N3O2. The number of β-amino-alcohol motifs (C(OH)–C–C–N with tert-alkyl or cyclic N) is 1. The lowest BCUT2D eigenvalue weighted by Crippen LogP contribution is -2.44. The molecule has 0 aliphatic carbocycles. The van der Waals surface area contributed by atoms with E-state index in [1.54, 1.807) is 0 Å². The molecule has 1 aromatic rings. The first-order chi connectivity index (χ1) is 11.3. The third kappa shape index (κ3) is 6.37. The van der Waals surface area contributed by atoms with Crippen molar-refractivity contribution in [2.45, 2.75) is 37.7 Å². The standard InChI is InChI=1S/C16H22F3N3O2/c17-16(18,19)6-7-20-15(24)21-9-13-8-14(23)11-22(13)10-12-4-2-1-3-5-12/h1-5,13-14,23H,6-11H2,(H2,20,21,24). The number of amides is 2. The molecule has 0 saturated carbocycles. The van der Waals surface area contributed by atoms with Crippen molar-refractivity contribution in [3.8, 4) is 0 Å². The van der Waals surface area contributed by atoms with Crippen LogP contribution in [-0.2, 0) is 6.54 Å². The van der Waals surface area contributed by atoms with Gasteiger partial charge in [0.15, 0.2) is 0 Å². The van der Waals surface area contributed by atoms with Crippen molar-refractivity contribution in [3.63, 3.8) is 0 Å². The topological polar surface area (TPSA) is 64.6 Å². The lowest BCUT2D eigenvalue weighted by molar-refractivity contribution is -0.132. The molecule has 2 atom stereocenters. The summed E-state index contributed by atoms with van der Waals surface area (Å²) in [6.07, 6.45) is -5.28. The molecule has 0 radical (unpaired) electrons. The van der Waals surface area contributed by atoms with Crippen LogP contribution in [0.4, 0.5) is 18.0 Å². The maximum absolute atomic E-state index is 12.0. The van der Waals surface area contributed by atoms with Crippen molar-refractivity contribution in [1.29, 1.82) is 0 Å². The van der Waals surface area contributed by atoms with Crippen LogP contribution in [0.3, 0.4) is 0 Å². The molecule has 8 heteroatoms. The number of nitrogens with zero attached hydrogens (tertiary/aromatic N) is 1. The summed E-state index contributed by atoms with van der Waals surface area (Å²) in [5, 5.41) is 14.6. The summed E-state index contributed by atoms with van der Waals surface area (Å²) in [5.41, 5.74) is 1.10. The summed E-state index contributed by atoms with van der Waals surface area (Å²) in [6, 6.07) is 9.09. The first-order valence-electron chi connectivity index (χ1n) is 7.88. The largest absolute Gasteiger partial charge is 0.392 e. The zero-order valence-corrected chi connectivity index (χ0v) is 13.2. The van der Waals surface area contributed by atoms with Crippen LogP contribution in [0.2, 0.25) is 0 Å². The fraction of sp³-hybridized carbons (Fsp3) is 0.562. The summed E-state index contributed by atoms with van der Waals surface area (Å²) in [5.74, 6) is 0. The summed E-state index contributed by atoms with van der Waals surface area (Å²) in [4.78, 5) is 13.6. The molecule has 0 bridgehead atoms. The van der Waals surface area contributed by atoms with E-state index >= 15 is 0 Å². The van der Waals surface area contributed by atoms with Crippen molar-refractivity contribution >= 4 is 6.03 Å². The van der Waals surface area contributed by atoms with Crippen LogP contribution in [0.1, 0.15) is 18.4 Å². The summed E-state index contributed by atoms with van der Waals surface area (Å²) >= 11 is 0. The second kappa shape index (κ2) is 8.34. The van der Waals surface area contributed by atoms with Crippen LogP contribution in [0.15, 0.2) is 30.3 Å². The Morgan fingerprint density at radius 1 is 1.25 bits per heavy atom. The van der Waals surface area contributed by atoms with Gasteiger partial charge in [0.25, 0.3) is 0 Å². The number of aliphatic hydroxyl groups is 1. The van der Waals surface area contributed by atoms with Gasteiger partial charge in [-0.2, -0.15) is 13.2 Å². The Kier molecular flexibility index (Phi) is 6.44. The Morgan fingerprint density at radius 3 is 2.62 bits per heavy atom. The van der Waals surface area contributed by atoms with Gasteiger partial charge >= 0.3 is 12.2 Å². The zero-order valence-electron chi connectivity index (χ0n) is 13.2. The van der Waals surface area contributed by atoms with Gasteiger partial charge in [0.05, 0.1) is 12.5 Å². The molecule has 2 unspecified atom stereocenters. The Hall–Kier alpha value is -1.80. The van der Waals surface area contributed by atoms with Gasteiger partial charge in [0.1, 0.15) is 0 Å². The van der Waals surface area contributed by atoms with Crippen molar-refractivity contribution in [1.82, 2.24) is 15.5 Å². The van der Waals surface area contributed by atoms with Gasteiger partial charge in [-0.1, -0.05) is 30.3 Å². The number of hydrogen-bond acceptors (Lipinski definition) is 3. The number of halogens is 3. The minimum atomic E-state index is -4.28. The van der Waals surface area contributed by atoms with E-state index in [9.17, 15) is 23.1 Å². The Bertz CT molecular complexity index is 525. The summed E-state index contributed by atoms with van der Waals surface area (Å²) in [6.45, 7) is 0.995. The van der Waals surface area contributed by atoms with E-state index in [0.29, 0.717) is 19.5 Å². The molecule has 1 heterocycles. The van der Waals surface area contributed by atoms with Gasteiger partial charge in [-0.3, -0.25) is 4.90 Å². The zero-order chi connectivity index (χ0) is 17.6. The van der Waals surface area contributed by atoms with E-state index in [-0.39, 0.29) is 12.6 Å². The summed E-state index contributed by atoms with van der Waals surface area (Å²) < 4.78 is 36.1. The number of hydrogen-bond donors (Lipinski definition) is 3. The predicted octanol–water partition coefficient (Wildman–Crippen LogP) is 1.87. The van der Waals surface area contributed by atoms with Gasteiger partial charge in [-0.25, -0.2) is 4.79 Å². The molecule has 1 aliphatic heterocycles. The Morgan fingerprint density at radius 2 is 1.96 bits per heavy atom. The molecule has 5 nitrogen and oxygen atoms in total. The fourth-order valence-electron chi connectivity index (χ4n) is 2.77. The van der Waals surface area contributed by atoms with E-state index in [2.05, 4.69) is 15.5 Å². The fourth-order valence-corrected chi connectivity index (χ4v) is 2.77. The average Bonchev–Trinajstić information content (AvgIpc) is 2.84. The second-order valence-corrected chi connectivity index (χ2v) is 5.96. The highest BCUT2D eigenvalue weighted by Gasteiger charge is 2.31. The van der Waals surface area contributed by atoms with Crippen LogP contribution < -0.4 is 10.6 Å². The van der Waals surface area contributed by atoms with E-state index in [1.807, 2.05) is 30.3 Å². The second-order valence-electron chi connectivity index (χ2n) is 5.96. The van der Waals surface area contributed by atoms with E-state index in [0.717, 1.165) is 5.56 Å². The van der Waals surface area contributed by atoms with Crippen molar-refractivity contribution in [2.75, 3.05) is 19.6 Å². The van der Waals surface area contributed by atoms with Crippen molar-refractivity contribution in [3.05, 3.63) is 35.9 Å². The van der Waals surface area contributed by atoms with E-state index in [1.165, 1.54) is 0 Å². The van der Waals surface area contributed by atoms with Gasteiger partial charge < -0.3 is 15.7 Å². The van der Waals surface area contributed by atoms with Crippen LogP contribution >= 0.6 is 0 Å². The number of likely N-dealkylation sites (tertiary alicyclic amines) is 1. The highest BCUT2D eigenvalue weighted by Crippen LogP contribution is 2.20. The molecule has 1 aromatic carbocycles. The molecule has 1 saturated heterocycles. The average molecular weight is 345 g/mol. The van der Waals surface area contributed by atoms with Crippen LogP contribution in [0.5, 0.6) is 0 Å². The molecule has 134 valence electrons. The third-order valence-corrected chi connectivity index (χ3v) is 3.93. The van der Waals surface area contributed by atoms with Crippen LogP contribution in [0.25, 0.3) is 0 Å². The number of urea groups is 1. The molecule has 0 spiro atoms. The quantitative estimate of drug-likeness (QED) is 0.738. The van der Waals surface area contributed by atoms with Gasteiger partial charge in [0, 0.05) is 32.2 Å². The highest BCUT2D eigenvalue weighted by atomic mass is 19.4. The number of rotatable bonds is 6. The number of aliphatic hydroxyl groups excluding tert-OH is 1. The van der Waals surface area contributed by atoms with Gasteiger partial charge in [-0.15, -0.1) is 0 Å². The van der Waals surface area contributed by atoms with E-state index in [4.69, 9.17) is 0 Å². The minimum Gasteiger partial charge on any atom is -0.392 e. The third-order valence-electron chi connectivity index (χ3n) is 3.93. The summed E-state index contributed by atoms with van der Waals surface area (Å²) in [7, 11) is 0. The number of carbonyl (C=O) groups is 1. The number of alkyl halides is 3. The lowest BCUT2D eigenvalue weighted by Gasteiger charge is -2.24. The molecule has 2 rings (SSSR count). The molecule has 24 heavy (non-hydrogen) atoms. The first-order valence-corrected chi connectivity index (χ1v) is 7.88. The normalized spacial score (nSPS) is 21.7. The van der Waals surface area contributed by atoms with E-state index < -0.39 is 31.3 Å². The van der Waals surface area contributed by atoms with Crippen LogP contribution in [-0.4, -0.2) is 54.0 Å². The molecular weight excluding hydrogens is 323 g/mol. The van der Waals surface area contributed by atoms with Crippen molar-refractivity contribution in [2.24, 2.45) is 0 Å². The SMILES string of the molecule is O=C(NCCC(F)(F)F)NCC1CC(O)CN1Cc1ccccc1.